The molecule has 0 radical (unpaired) electrons. The lowest BCUT2D eigenvalue weighted by molar-refractivity contribution is -0.137. The van der Waals surface area contributed by atoms with Gasteiger partial charge in [-0.15, -0.1) is 5.10 Å². The van der Waals surface area contributed by atoms with Gasteiger partial charge in [0.15, 0.2) is 5.82 Å². The summed E-state index contributed by atoms with van der Waals surface area (Å²) in [6.07, 6.45) is -4.57. The Labute approximate surface area is 108 Å². The summed E-state index contributed by atoms with van der Waals surface area (Å²) < 4.78 is 52.3. The van der Waals surface area contributed by atoms with E-state index in [9.17, 15) is 17.6 Å². The number of benzene rings is 1. The third-order valence-electron chi connectivity index (χ3n) is 2.27. The second-order valence-electron chi connectivity index (χ2n) is 3.52. The summed E-state index contributed by atoms with van der Waals surface area (Å²) in [5.74, 6) is -0.846. The smallest absolute Gasteiger partial charge is 0.248 e. The van der Waals surface area contributed by atoms with E-state index in [-0.39, 0.29) is 16.1 Å². The number of aryl methyl sites for hydroxylation is 1. The maximum Gasteiger partial charge on any atom is 0.416 e. The summed E-state index contributed by atoms with van der Waals surface area (Å²) in [7, 11) is 1.52. The van der Waals surface area contributed by atoms with Crippen LogP contribution in [-0.2, 0) is 13.2 Å². The van der Waals surface area contributed by atoms with Crippen molar-refractivity contribution in [3.63, 3.8) is 0 Å². The van der Waals surface area contributed by atoms with Crippen LogP contribution in [0.4, 0.5) is 17.6 Å². The van der Waals surface area contributed by atoms with E-state index in [1.807, 2.05) is 0 Å². The molecule has 1 aromatic heterocycles. The number of alkyl halides is 3. The van der Waals surface area contributed by atoms with Crippen LogP contribution in [0.15, 0.2) is 22.9 Å². The summed E-state index contributed by atoms with van der Waals surface area (Å²) in [6, 6.07) is 2.29. The zero-order valence-electron chi connectivity index (χ0n) is 8.96. The van der Waals surface area contributed by atoms with Crippen LogP contribution < -0.4 is 0 Å². The molecule has 96 valence electrons. The molecule has 3 nitrogen and oxygen atoms in total. The number of nitrogens with zero attached hydrogens (tertiary/aromatic N) is 3. The lowest BCUT2D eigenvalue weighted by Crippen LogP contribution is -2.06. The van der Waals surface area contributed by atoms with E-state index in [2.05, 4.69) is 26.0 Å². The second kappa shape index (κ2) is 4.34. The van der Waals surface area contributed by atoms with E-state index >= 15 is 0 Å². The third-order valence-corrected chi connectivity index (χ3v) is 2.61. The van der Waals surface area contributed by atoms with E-state index in [0.717, 1.165) is 12.1 Å². The van der Waals surface area contributed by atoms with Gasteiger partial charge in [-0.25, -0.2) is 14.1 Å². The van der Waals surface area contributed by atoms with Gasteiger partial charge in [-0.2, -0.15) is 13.2 Å². The molecule has 8 heteroatoms. The van der Waals surface area contributed by atoms with Crippen molar-refractivity contribution in [3.8, 4) is 11.4 Å². The fourth-order valence-electron chi connectivity index (χ4n) is 1.46. The van der Waals surface area contributed by atoms with Crippen LogP contribution in [0.5, 0.6) is 0 Å². The van der Waals surface area contributed by atoms with Crippen LogP contribution in [0.3, 0.4) is 0 Å². The highest BCUT2D eigenvalue weighted by Gasteiger charge is 2.31. The molecule has 2 aromatic rings. The van der Waals surface area contributed by atoms with Gasteiger partial charge in [-0.3, -0.25) is 0 Å². The van der Waals surface area contributed by atoms with Gasteiger partial charge >= 0.3 is 6.18 Å². The Bertz CT molecular complexity index is 591. The predicted molar refractivity (Wildman–Crippen MR) is 59.1 cm³/mol. The molecule has 0 atom stereocenters. The molecule has 0 N–H and O–H groups in total. The van der Waals surface area contributed by atoms with Crippen molar-refractivity contribution in [2.45, 2.75) is 6.18 Å². The van der Waals surface area contributed by atoms with Gasteiger partial charge in [0.2, 0.25) is 4.73 Å². The minimum Gasteiger partial charge on any atom is -0.248 e. The predicted octanol–water partition coefficient (Wildman–Crippen LogP) is 3.40. The van der Waals surface area contributed by atoms with Gasteiger partial charge in [0.1, 0.15) is 5.82 Å². The average Bonchev–Trinajstić information content (AvgIpc) is 2.56. The summed E-state index contributed by atoms with van der Waals surface area (Å²) >= 11 is 3.01. The fraction of sp³-hybridized carbons (Fsp3) is 0.200. The Morgan fingerprint density at radius 3 is 2.39 bits per heavy atom. The monoisotopic (exact) mass is 323 g/mol. The molecule has 0 bridgehead atoms. The fourth-order valence-corrected chi connectivity index (χ4v) is 1.87. The van der Waals surface area contributed by atoms with Crippen LogP contribution in [0.2, 0.25) is 0 Å². The number of rotatable bonds is 1. The van der Waals surface area contributed by atoms with Crippen LogP contribution in [0, 0.1) is 5.82 Å². The van der Waals surface area contributed by atoms with Crippen molar-refractivity contribution < 1.29 is 17.6 Å². The Morgan fingerprint density at radius 2 is 1.94 bits per heavy atom. The molecule has 0 saturated carbocycles. The molecule has 0 aliphatic carbocycles. The van der Waals surface area contributed by atoms with Gasteiger partial charge in [0.05, 0.1) is 11.1 Å². The van der Waals surface area contributed by atoms with Crippen molar-refractivity contribution >= 4 is 15.9 Å². The lowest BCUT2D eigenvalue weighted by Gasteiger charge is -2.08. The molecule has 0 aliphatic heterocycles. The van der Waals surface area contributed by atoms with E-state index < -0.39 is 17.6 Å². The molecular weight excluding hydrogens is 318 g/mol. The maximum atomic E-state index is 13.7. The summed E-state index contributed by atoms with van der Waals surface area (Å²) in [5, 5.41) is 3.83. The van der Waals surface area contributed by atoms with E-state index in [1.54, 1.807) is 0 Å². The molecule has 1 heterocycles. The summed E-state index contributed by atoms with van der Waals surface area (Å²) in [6.45, 7) is 0. The zero-order valence-corrected chi connectivity index (χ0v) is 10.5. The highest BCUT2D eigenvalue weighted by Crippen LogP contribution is 2.32. The standard InChI is InChI=1S/C10H6BrF4N3/c1-18-8(16-9(11)17-18)6-3-2-5(4-7(6)12)10(13,14)15/h2-4H,1H3. The largest absolute Gasteiger partial charge is 0.416 e. The molecule has 18 heavy (non-hydrogen) atoms. The molecular formula is C10H6BrF4N3. The first-order valence-corrected chi connectivity index (χ1v) is 5.52. The van der Waals surface area contributed by atoms with E-state index in [1.165, 1.54) is 11.7 Å². The van der Waals surface area contributed by atoms with Crippen LogP contribution in [0.25, 0.3) is 11.4 Å². The molecule has 0 fully saturated rings. The normalized spacial score (nSPS) is 11.9. The molecule has 0 unspecified atom stereocenters. The van der Waals surface area contributed by atoms with Crippen molar-refractivity contribution in [2.75, 3.05) is 0 Å². The van der Waals surface area contributed by atoms with Crippen molar-refractivity contribution in [3.05, 3.63) is 34.3 Å². The Kier molecular flexibility index (Phi) is 3.14. The third kappa shape index (κ3) is 2.38. The number of aromatic nitrogens is 3. The first-order valence-electron chi connectivity index (χ1n) is 4.72. The molecule has 2 rings (SSSR count). The zero-order chi connectivity index (χ0) is 13.5. The SMILES string of the molecule is Cn1nc(Br)nc1-c1ccc(C(F)(F)F)cc1F. The lowest BCUT2D eigenvalue weighted by atomic mass is 10.1. The Balaban J connectivity index is 2.51. The van der Waals surface area contributed by atoms with Crippen molar-refractivity contribution in [1.29, 1.82) is 0 Å². The van der Waals surface area contributed by atoms with E-state index in [0.29, 0.717) is 6.07 Å². The highest BCUT2D eigenvalue weighted by atomic mass is 79.9. The van der Waals surface area contributed by atoms with E-state index in [4.69, 9.17) is 0 Å². The number of hydrogen-bond donors (Lipinski definition) is 0. The second-order valence-corrected chi connectivity index (χ2v) is 4.23. The Morgan fingerprint density at radius 1 is 1.28 bits per heavy atom. The molecule has 0 spiro atoms. The van der Waals surface area contributed by atoms with Crippen molar-refractivity contribution in [1.82, 2.24) is 14.8 Å². The van der Waals surface area contributed by atoms with Gasteiger partial charge < -0.3 is 0 Å². The summed E-state index contributed by atoms with van der Waals surface area (Å²) in [4.78, 5) is 3.88. The first kappa shape index (κ1) is 13.0. The maximum absolute atomic E-state index is 13.7. The molecule has 0 aliphatic rings. The minimum absolute atomic E-state index is 0.0382. The van der Waals surface area contributed by atoms with Crippen LogP contribution >= 0.6 is 15.9 Å². The molecule has 0 saturated heterocycles. The number of halogens is 5. The van der Waals surface area contributed by atoms with Gasteiger partial charge in [-0.05, 0) is 34.1 Å². The molecule has 1 aromatic carbocycles. The topological polar surface area (TPSA) is 30.7 Å². The van der Waals surface area contributed by atoms with Crippen LogP contribution in [0.1, 0.15) is 5.56 Å². The van der Waals surface area contributed by atoms with Crippen LogP contribution in [-0.4, -0.2) is 14.8 Å². The number of hydrogen-bond acceptors (Lipinski definition) is 2. The van der Waals surface area contributed by atoms with Gasteiger partial charge in [0.25, 0.3) is 0 Å². The average molecular weight is 324 g/mol. The minimum atomic E-state index is -4.57. The highest BCUT2D eigenvalue weighted by molar-refractivity contribution is 9.10. The quantitative estimate of drug-likeness (QED) is 0.753. The Hall–Kier alpha value is -1.44. The molecule has 0 amide bonds. The van der Waals surface area contributed by atoms with Gasteiger partial charge in [-0.1, -0.05) is 0 Å². The first-order chi connectivity index (χ1) is 8.29. The van der Waals surface area contributed by atoms with Gasteiger partial charge in [0, 0.05) is 7.05 Å². The van der Waals surface area contributed by atoms with Crippen molar-refractivity contribution in [2.24, 2.45) is 7.05 Å². The summed E-state index contributed by atoms with van der Waals surface area (Å²) in [5.41, 5.74) is -1.08.